The van der Waals surface area contributed by atoms with Gasteiger partial charge < -0.3 is 9.47 Å². The second-order valence-corrected chi connectivity index (χ2v) is 4.59. The Morgan fingerprint density at radius 2 is 2.16 bits per heavy atom. The fraction of sp³-hybridized carbons (Fsp3) is 0.533. The molecule has 0 saturated carbocycles. The molecule has 0 aliphatic carbocycles. The van der Waals surface area contributed by atoms with Crippen LogP contribution in [0.2, 0.25) is 0 Å². The molecule has 1 saturated heterocycles. The molecule has 2 rings (SSSR count). The average molecular weight is 263 g/mol. The number of carbonyl (C=O) groups is 1. The predicted molar refractivity (Wildman–Crippen MR) is 73.8 cm³/mol. The summed E-state index contributed by atoms with van der Waals surface area (Å²) in [5.41, 5.74) is 0.675. The summed E-state index contributed by atoms with van der Waals surface area (Å²) in [6, 6.07) is 7.45. The van der Waals surface area contributed by atoms with Crippen LogP contribution in [0.25, 0.3) is 0 Å². The molecule has 1 aromatic rings. The summed E-state index contributed by atoms with van der Waals surface area (Å²) in [4.78, 5) is 14.5. The zero-order chi connectivity index (χ0) is 13.5. The van der Waals surface area contributed by atoms with Gasteiger partial charge in [0.15, 0.2) is 5.78 Å². The van der Waals surface area contributed by atoms with Gasteiger partial charge in [0.25, 0.3) is 0 Å². The second-order valence-electron chi connectivity index (χ2n) is 4.59. The Kier molecular flexibility index (Phi) is 5.36. The van der Waals surface area contributed by atoms with Gasteiger partial charge in [0, 0.05) is 19.7 Å². The summed E-state index contributed by atoms with van der Waals surface area (Å²) in [5.74, 6) is 0.798. The summed E-state index contributed by atoms with van der Waals surface area (Å²) in [7, 11) is 0. The summed E-state index contributed by atoms with van der Waals surface area (Å²) < 4.78 is 10.9. The Labute approximate surface area is 114 Å². The Bertz CT molecular complexity index is 412. The minimum atomic E-state index is 0.117. The number of ether oxygens (including phenoxy) is 2. The van der Waals surface area contributed by atoms with Gasteiger partial charge >= 0.3 is 0 Å². The summed E-state index contributed by atoms with van der Waals surface area (Å²) in [5, 5.41) is 0. The van der Waals surface area contributed by atoms with Gasteiger partial charge in [-0.2, -0.15) is 0 Å². The normalized spacial score (nSPS) is 16.9. The van der Waals surface area contributed by atoms with Crippen molar-refractivity contribution in [3.63, 3.8) is 0 Å². The lowest BCUT2D eigenvalue weighted by molar-refractivity contribution is 0.0918. The molecule has 0 amide bonds. The van der Waals surface area contributed by atoms with E-state index in [-0.39, 0.29) is 5.78 Å². The Morgan fingerprint density at radius 3 is 3.00 bits per heavy atom. The van der Waals surface area contributed by atoms with Gasteiger partial charge in [-0.05, 0) is 25.5 Å². The zero-order valence-electron chi connectivity index (χ0n) is 11.4. The average Bonchev–Trinajstić information content (AvgIpc) is 2.68. The highest BCUT2D eigenvalue weighted by molar-refractivity contribution is 6.00. The SMILES string of the molecule is CCOc1ccccc1C(=O)CN1CCCOCC1. The van der Waals surface area contributed by atoms with Crippen molar-refractivity contribution in [3.05, 3.63) is 29.8 Å². The van der Waals surface area contributed by atoms with E-state index in [1.807, 2.05) is 31.2 Å². The van der Waals surface area contributed by atoms with Gasteiger partial charge in [0.05, 0.1) is 25.3 Å². The van der Waals surface area contributed by atoms with Crippen LogP contribution in [0.3, 0.4) is 0 Å². The molecule has 1 aromatic carbocycles. The molecule has 0 spiro atoms. The van der Waals surface area contributed by atoms with Crippen molar-refractivity contribution in [1.29, 1.82) is 0 Å². The van der Waals surface area contributed by atoms with Crippen LogP contribution in [0.5, 0.6) is 5.75 Å². The first-order valence-electron chi connectivity index (χ1n) is 6.86. The second kappa shape index (κ2) is 7.26. The van der Waals surface area contributed by atoms with Crippen LogP contribution in [0.4, 0.5) is 0 Å². The van der Waals surface area contributed by atoms with E-state index in [1.54, 1.807) is 0 Å². The molecule has 0 unspecified atom stereocenters. The number of ketones is 1. The lowest BCUT2D eigenvalue weighted by atomic mass is 10.1. The molecule has 104 valence electrons. The molecule has 1 aliphatic heterocycles. The van der Waals surface area contributed by atoms with Crippen LogP contribution in [-0.2, 0) is 4.74 Å². The highest BCUT2D eigenvalue weighted by atomic mass is 16.5. The number of hydrogen-bond donors (Lipinski definition) is 0. The third-order valence-corrected chi connectivity index (χ3v) is 3.17. The van der Waals surface area contributed by atoms with Gasteiger partial charge in [-0.15, -0.1) is 0 Å². The third-order valence-electron chi connectivity index (χ3n) is 3.17. The molecule has 0 radical (unpaired) electrons. The van der Waals surface area contributed by atoms with E-state index in [2.05, 4.69) is 4.90 Å². The first-order valence-corrected chi connectivity index (χ1v) is 6.86. The van der Waals surface area contributed by atoms with Crippen molar-refractivity contribution in [2.24, 2.45) is 0 Å². The van der Waals surface area contributed by atoms with E-state index >= 15 is 0 Å². The van der Waals surface area contributed by atoms with Crippen molar-refractivity contribution >= 4 is 5.78 Å². The van der Waals surface area contributed by atoms with Crippen LogP contribution < -0.4 is 4.74 Å². The smallest absolute Gasteiger partial charge is 0.180 e. The molecule has 19 heavy (non-hydrogen) atoms. The maximum atomic E-state index is 12.4. The van der Waals surface area contributed by atoms with Crippen molar-refractivity contribution < 1.29 is 14.3 Å². The Hall–Kier alpha value is -1.39. The third kappa shape index (κ3) is 4.04. The van der Waals surface area contributed by atoms with Gasteiger partial charge in [-0.25, -0.2) is 0 Å². The van der Waals surface area contributed by atoms with Crippen LogP contribution in [-0.4, -0.2) is 50.1 Å². The van der Waals surface area contributed by atoms with E-state index in [0.29, 0.717) is 31.1 Å². The van der Waals surface area contributed by atoms with Gasteiger partial charge in [-0.1, -0.05) is 12.1 Å². The molecule has 1 aliphatic rings. The van der Waals surface area contributed by atoms with E-state index in [0.717, 1.165) is 26.1 Å². The predicted octanol–water partition coefficient (Wildman–Crippen LogP) is 1.99. The molecular weight excluding hydrogens is 242 g/mol. The Balaban J connectivity index is 2.02. The van der Waals surface area contributed by atoms with E-state index in [9.17, 15) is 4.79 Å². The molecular formula is C15H21NO3. The molecule has 1 heterocycles. The van der Waals surface area contributed by atoms with E-state index in [4.69, 9.17) is 9.47 Å². The number of carbonyl (C=O) groups excluding carboxylic acids is 1. The fourth-order valence-electron chi connectivity index (χ4n) is 2.22. The largest absolute Gasteiger partial charge is 0.493 e. The lowest BCUT2D eigenvalue weighted by Crippen LogP contribution is -2.32. The van der Waals surface area contributed by atoms with Crippen molar-refractivity contribution in [1.82, 2.24) is 4.90 Å². The number of para-hydroxylation sites is 1. The quantitative estimate of drug-likeness (QED) is 0.762. The van der Waals surface area contributed by atoms with Gasteiger partial charge in [0.2, 0.25) is 0 Å². The molecule has 4 nitrogen and oxygen atoms in total. The standard InChI is InChI=1S/C15H21NO3/c1-2-19-15-7-4-3-6-13(15)14(17)12-16-8-5-10-18-11-9-16/h3-4,6-7H,2,5,8-12H2,1H3. The van der Waals surface area contributed by atoms with Crippen LogP contribution >= 0.6 is 0 Å². The van der Waals surface area contributed by atoms with E-state index < -0.39 is 0 Å². The summed E-state index contributed by atoms with van der Waals surface area (Å²) in [6.45, 7) is 6.17. The van der Waals surface area contributed by atoms with E-state index in [1.165, 1.54) is 0 Å². The number of nitrogens with zero attached hydrogens (tertiary/aromatic N) is 1. The molecule has 0 bridgehead atoms. The summed E-state index contributed by atoms with van der Waals surface area (Å²) >= 11 is 0. The van der Waals surface area contributed by atoms with Crippen molar-refractivity contribution in [2.75, 3.05) is 39.5 Å². The first-order chi connectivity index (χ1) is 9.31. The van der Waals surface area contributed by atoms with Crippen LogP contribution in [0.15, 0.2) is 24.3 Å². The number of rotatable bonds is 5. The molecule has 1 fully saturated rings. The highest BCUT2D eigenvalue weighted by Crippen LogP contribution is 2.19. The van der Waals surface area contributed by atoms with Gasteiger partial charge in [-0.3, -0.25) is 9.69 Å². The highest BCUT2D eigenvalue weighted by Gasteiger charge is 2.17. The molecule has 0 aromatic heterocycles. The van der Waals surface area contributed by atoms with Crippen molar-refractivity contribution in [2.45, 2.75) is 13.3 Å². The Morgan fingerprint density at radius 1 is 1.32 bits per heavy atom. The monoisotopic (exact) mass is 263 g/mol. The first kappa shape index (κ1) is 14.0. The minimum Gasteiger partial charge on any atom is -0.493 e. The topological polar surface area (TPSA) is 38.8 Å². The summed E-state index contributed by atoms with van der Waals surface area (Å²) in [6.07, 6.45) is 0.986. The maximum Gasteiger partial charge on any atom is 0.180 e. The minimum absolute atomic E-state index is 0.117. The lowest BCUT2D eigenvalue weighted by Gasteiger charge is -2.18. The number of hydrogen-bond acceptors (Lipinski definition) is 4. The zero-order valence-corrected chi connectivity index (χ0v) is 11.4. The maximum absolute atomic E-state index is 12.4. The van der Waals surface area contributed by atoms with Gasteiger partial charge in [0.1, 0.15) is 5.75 Å². The van der Waals surface area contributed by atoms with Crippen LogP contribution in [0.1, 0.15) is 23.7 Å². The molecule has 0 atom stereocenters. The molecule has 0 N–H and O–H groups in total. The molecule has 4 heteroatoms. The fourth-order valence-corrected chi connectivity index (χ4v) is 2.22. The van der Waals surface area contributed by atoms with Crippen LogP contribution in [0, 0.1) is 0 Å². The number of benzene rings is 1. The van der Waals surface area contributed by atoms with Crippen molar-refractivity contribution in [3.8, 4) is 5.75 Å². The number of Topliss-reactive ketones (excluding diaryl/α,β-unsaturated/α-hetero) is 1.